The molecule has 24 heavy (non-hydrogen) atoms. The van der Waals surface area contributed by atoms with Gasteiger partial charge in [-0.3, -0.25) is 19.7 Å². The molecule has 0 bridgehead atoms. The molecule has 7 nitrogen and oxygen atoms in total. The van der Waals surface area contributed by atoms with Gasteiger partial charge in [0.15, 0.2) is 6.61 Å². The second-order valence-corrected chi connectivity index (χ2v) is 5.82. The lowest BCUT2D eigenvalue weighted by atomic mass is 10.0. The summed E-state index contributed by atoms with van der Waals surface area (Å²) < 4.78 is 18.4. The number of ether oxygens (including phenoxy) is 1. The molecule has 1 aromatic rings. The highest BCUT2D eigenvalue weighted by Crippen LogP contribution is 2.28. The van der Waals surface area contributed by atoms with Crippen molar-refractivity contribution in [2.75, 3.05) is 11.9 Å². The number of nitro groups is 1. The van der Waals surface area contributed by atoms with Crippen molar-refractivity contribution < 1.29 is 23.6 Å². The van der Waals surface area contributed by atoms with Gasteiger partial charge in [0.25, 0.3) is 11.6 Å². The Kier molecular flexibility index (Phi) is 6.22. The van der Waals surface area contributed by atoms with Crippen LogP contribution in [0.25, 0.3) is 0 Å². The number of rotatable bonds is 7. The second-order valence-electron chi connectivity index (χ2n) is 5.82. The maximum atomic E-state index is 13.5. The van der Waals surface area contributed by atoms with Gasteiger partial charge in [-0.2, -0.15) is 0 Å². The molecular weight excluding hydrogens is 319 g/mol. The number of benzene rings is 1. The highest BCUT2D eigenvalue weighted by Gasteiger charge is 2.18. The van der Waals surface area contributed by atoms with E-state index < -0.39 is 29.2 Å². The number of nitro benzene ring substituents is 1. The predicted octanol–water partition coefficient (Wildman–Crippen LogP) is 3.19. The van der Waals surface area contributed by atoms with Crippen LogP contribution in [0, 0.1) is 21.8 Å². The third-order valence-corrected chi connectivity index (χ3v) is 4.03. The fraction of sp³-hybridized carbons (Fsp3) is 0.500. The zero-order chi connectivity index (χ0) is 17.5. The minimum atomic E-state index is -0.804. The van der Waals surface area contributed by atoms with E-state index in [9.17, 15) is 24.1 Å². The third kappa shape index (κ3) is 5.29. The number of non-ortho nitro benzene ring substituents is 1. The summed E-state index contributed by atoms with van der Waals surface area (Å²) in [6.45, 7) is -0.550. The van der Waals surface area contributed by atoms with Gasteiger partial charge < -0.3 is 10.1 Å². The molecule has 1 fully saturated rings. The van der Waals surface area contributed by atoms with Gasteiger partial charge in [-0.1, -0.05) is 25.7 Å². The average Bonchev–Trinajstić information content (AvgIpc) is 3.06. The van der Waals surface area contributed by atoms with Crippen LogP contribution in [0.3, 0.4) is 0 Å². The fourth-order valence-electron chi connectivity index (χ4n) is 2.75. The van der Waals surface area contributed by atoms with Crippen LogP contribution in [0.1, 0.15) is 38.5 Å². The summed E-state index contributed by atoms with van der Waals surface area (Å²) in [5, 5.41) is 12.8. The quantitative estimate of drug-likeness (QED) is 0.468. The third-order valence-electron chi connectivity index (χ3n) is 4.03. The molecule has 0 atom stereocenters. The Hall–Kier alpha value is -2.51. The van der Waals surface area contributed by atoms with Crippen LogP contribution < -0.4 is 5.32 Å². The van der Waals surface area contributed by atoms with Gasteiger partial charge in [0.1, 0.15) is 5.82 Å². The number of nitrogens with one attached hydrogen (secondary N) is 1. The Labute approximate surface area is 138 Å². The molecule has 0 radical (unpaired) electrons. The maximum Gasteiger partial charge on any atom is 0.306 e. The van der Waals surface area contributed by atoms with Crippen LogP contribution in [-0.2, 0) is 14.3 Å². The van der Waals surface area contributed by atoms with Crippen molar-refractivity contribution in [2.24, 2.45) is 5.92 Å². The van der Waals surface area contributed by atoms with Gasteiger partial charge in [-0.15, -0.1) is 0 Å². The largest absolute Gasteiger partial charge is 0.456 e. The Morgan fingerprint density at radius 1 is 1.33 bits per heavy atom. The predicted molar refractivity (Wildman–Crippen MR) is 83.8 cm³/mol. The van der Waals surface area contributed by atoms with Crippen molar-refractivity contribution >= 4 is 23.3 Å². The van der Waals surface area contributed by atoms with E-state index in [-0.39, 0.29) is 17.8 Å². The first kappa shape index (κ1) is 17.8. The van der Waals surface area contributed by atoms with Crippen molar-refractivity contribution in [1.82, 2.24) is 0 Å². The van der Waals surface area contributed by atoms with Crippen LogP contribution in [0.15, 0.2) is 18.2 Å². The Morgan fingerprint density at radius 2 is 2.04 bits per heavy atom. The first-order valence-electron chi connectivity index (χ1n) is 7.85. The number of anilines is 1. The zero-order valence-corrected chi connectivity index (χ0v) is 13.1. The summed E-state index contributed by atoms with van der Waals surface area (Å²) in [7, 11) is 0. The second kappa shape index (κ2) is 8.37. The van der Waals surface area contributed by atoms with E-state index >= 15 is 0 Å². The number of nitrogens with zero attached hydrogens (tertiary/aromatic N) is 1. The molecule has 0 aliphatic heterocycles. The van der Waals surface area contributed by atoms with Crippen molar-refractivity contribution in [1.29, 1.82) is 0 Å². The van der Waals surface area contributed by atoms with E-state index in [1.54, 1.807) is 0 Å². The number of esters is 1. The highest BCUT2D eigenvalue weighted by atomic mass is 19.1. The van der Waals surface area contributed by atoms with Gasteiger partial charge in [0.2, 0.25) is 0 Å². The first-order valence-corrected chi connectivity index (χ1v) is 7.85. The molecule has 1 aliphatic carbocycles. The molecule has 0 saturated heterocycles. The van der Waals surface area contributed by atoms with E-state index in [0.717, 1.165) is 37.5 Å². The summed E-state index contributed by atoms with van der Waals surface area (Å²) in [6, 6.07) is 2.80. The Morgan fingerprint density at radius 3 is 2.71 bits per heavy atom. The molecule has 130 valence electrons. The minimum absolute atomic E-state index is 0.253. The van der Waals surface area contributed by atoms with Crippen molar-refractivity contribution in [3.8, 4) is 0 Å². The molecule has 1 saturated carbocycles. The summed E-state index contributed by atoms with van der Waals surface area (Å²) in [4.78, 5) is 33.2. The van der Waals surface area contributed by atoms with E-state index in [0.29, 0.717) is 5.92 Å². The van der Waals surface area contributed by atoms with Gasteiger partial charge in [0.05, 0.1) is 10.6 Å². The normalized spacial score (nSPS) is 14.4. The van der Waals surface area contributed by atoms with Gasteiger partial charge >= 0.3 is 5.97 Å². The zero-order valence-electron chi connectivity index (χ0n) is 13.1. The molecule has 2 rings (SSSR count). The van der Waals surface area contributed by atoms with Gasteiger partial charge in [0, 0.05) is 18.6 Å². The summed E-state index contributed by atoms with van der Waals surface area (Å²) >= 11 is 0. The smallest absolute Gasteiger partial charge is 0.306 e. The minimum Gasteiger partial charge on any atom is -0.456 e. The van der Waals surface area contributed by atoms with Crippen molar-refractivity contribution in [3.05, 3.63) is 34.1 Å². The Bertz CT molecular complexity index is 629. The lowest BCUT2D eigenvalue weighted by molar-refractivity contribution is -0.384. The molecule has 0 unspecified atom stereocenters. The Balaban J connectivity index is 1.77. The van der Waals surface area contributed by atoms with Crippen LogP contribution in [0.5, 0.6) is 0 Å². The number of hydrogen-bond donors (Lipinski definition) is 1. The van der Waals surface area contributed by atoms with E-state index in [2.05, 4.69) is 5.32 Å². The highest BCUT2D eigenvalue weighted by molar-refractivity contribution is 5.93. The number of carbonyl (C=O) groups is 2. The number of hydrogen-bond acceptors (Lipinski definition) is 5. The molecule has 1 amide bonds. The molecule has 8 heteroatoms. The number of halogens is 1. The topological polar surface area (TPSA) is 98.5 Å². The van der Waals surface area contributed by atoms with Crippen LogP contribution >= 0.6 is 0 Å². The van der Waals surface area contributed by atoms with Crippen LogP contribution in [-0.4, -0.2) is 23.4 Å². The summed E-state index contributed by atoms with van der Waals surface area (Å²) in [6.07, 6.45) is 5.64. The van der Waals surface area contributed by atoms with Crippen LogP contribution in [0.4, 0.5) is 15.8 Å². The number of amides is 1. The molecule has 0 aromatic heterocycles. The molecule has 1 aromatic carbocycles. The first-order chi connectivity index (χ1) is 11.5. The molecule has 1 N–H and O–H groups in total. The number of carbonyl (C=O) groups excluding carboxylic acids is 2. The maximum absolute atomic E-state index is 13.5. The molecule has 1 aliphatic rings. The van der Waals surface area contributed by atoms with Crippen molar-refractivity contribution in [3.63, 3.8) is 0 Å². The van der Waals surface area contributed by atoms with E-state index in [1.807, 2.05) is 0 Å². The summed E-state index contributed by atoms with van der Waals surface area (Å²) in [5.41, 5.74) is -0.670. The molecule has 0 spiro atoms. The fourth-order valence-corrected chi connectivity index (χ4v) is 2.75. The van der Waals surface area contributed by atoms with Crippen molar-refractivity contribution in [2.45, 2.75) is 38.5 Å². The van der Waals surface area contributed by atoms with Crippen LogP contribution in [0.2, 0.25) is 0 Å². The SMILES string of the molecule is O=C(COC(=O)CCC1CCCC1)Nc1cc([N+](=O)[O-])ccc1F. The standard InChI is InChI=1S/C16H19FN2O5/c17-13-7-6-12(19(22)23)9-14(13)18-15(20)10-24-16(21)8-5-11-3-1-2-4-11/h6-7,9,11H,1-5,8,10H2,(H,18,20). The monoisotopic (exact) mass is 338 g/mol. The van der Waals surface area contributed by atoms with E-state index in [4.69, 9.17) is 4.74 Å². The molecular formula is C16H19FN2O5. The summed E-state index contributed by atoms with van der Waals surface area (Å²) in [5.74, 6) is -1.48. The lowest BCUT2D eigenvalue weighted by Crippen LogP contribution is -2.21. The van der Waals surface area contributed by atoms with E-state index in [1.165, 1.54) is 12.8 Å². The average molecular weight is 338 g/mol. The molecule has 0 heterocycles. The van der Waals surface area contributed by atoms with Gasteiger partial charge in [-0.25, -0.2) is 4.39 Å². The van der Waals surface area contributed by atoms with Gasteiger partial charge in [-0.05, 0) is 18.4 Å². The lowest BCUT2D eigenvalue weighted by Gasteiger charge is -2.09.